The topological polar surface area (TPSA) is 26.7 Å². The molecule has 0 bridgehead atoms. The summed E-state index contributed by atoms with van der Waals surface area (Å²) in [6, 6.07) is 6.27. The lowest BCUT2D eigenvalue weighted by Gasteiger charge is -2.29. The molecule has 1 aromatic rings. The Balaban J connectivity index is 2.15. The van der Waals surface area contributed by atoms with Gasteiger partial charge < -0.3 is 14.9 Å². The minimum absolute atomic E-state index is 0.0285. The van der Waals surface area contributed by atoms with Crippen molar-refractivity contribution in [3.8, 4) is 0 Å². The van der Waals surface area contributed by atoms with Gasteiger partial charge in [0, 0.05) is 25.2 Å². The zero-order valence-corrected chi connectivity index (χ0v) is 11.8. The predicted octanol–water partition coefficient (Wildman–Crippen LogP) is 2.36. The number of hydrogen-bond acceptors (Lipinski definition) is 3. The van der Waals surface area contributed by atoms with Gasteiger partial charge in [-0.3, -0.25) is 0 Å². The average molecular weight is 269 g/mol. The van der Waals surface area contributed by atoms with Crippen LogP contribution >= 0.6 is 11.6 Å². The van der Waals surface area contributed by atoms with Crippen molar-refractivity contribution in [1.82, 2.24) is 4.90 Å². The summed E-state index contributed by atoms with van der Waals surface area (Å²) >= 11 is 6.26. The fourth-order valence-corrected chi connectivity index (χ4v) is 3.07. The lowest BCUT2D eigenvalue weighted by Crippen LogP contribution is -2.37. The third-order valence-corrected chi connectivity index (χ3v) is 4.08. The molecule has 0 aromatic heterocycles. The van der Waals surface area contributed by atoms with E-state index in [9.17, 15) is 5.11 Å². The maximum absolute atomic E-state index is 9.41. The maximum atomic E-state index is 9.41. The highest BCUT2D eigenvalue weighted by Crippen LogP contribution is 2.30. The van der Waals surface area contributed by atoms with E-state index >= 15 is 0 Å². The fraction of sp³-hybridized carbons (Fsp3) is 0.571. The predicted molar refractivity (Wildman–Crippen MR) is 76.3 cm³/mol. The molecular formula is C14H21ClN2O. The molecule has 100 valence electrons. The molecule has 0 saturated carbocycles. The molecule has 0 aliphatic carbocycles. The van der Waals surface area contributed by atoms with Gasteiger partial charge in [0.05, 0.1) is 17.3 Å². The Morgan fingerprint density at radius 3 is 2.89 bits per heavy atom. The standard InChI is InChI=1S/C14H21ClN2O/c1-16-8-4-6-12(16)9-17(2)14-11(10-18)5-3-7-13(14)15/h3,5,7,12,18H,4,6,8-10H2,1-2H3. The van der Waals surface area contributed by atoms with Gasteiger partial charge in [-0.25, -0.2) is 0 Å². The van der Waals surface area contributed by atoms with Crippen LogP contribution in [0.5, 0.6) is 0 Å². The molecule has 1 heterocycles. The number of aliphatic hydroxyl groups excluding tert-OH is 1. The number of anilines is 1. The molecule has 1 N–H and O–H groups in total. The largest absolute Gasteiger partial charge is 0.392 e. The lowest BCUT2D eigenvalue weighted by atomic mass is 10.1. The van der Waals surface area contributed by atoms with E-state index in [1.807, 2.05) is 25.2 Å². The van der Waals surface area contributed by atoms with Gasteiger partial charge >= 0.3 is 0 Å². The first-order chi connectivity index (χ1) is 8.63. The zero-order valence-electron chi connectivity index (χ0n) is 11.1. The highest BCUT2D eigenvalue weighted by Gasteiger charge is 2.23. The van der Waals surface area contributed by atoms with E-state index in [1.165, 1.54) is 19.4 Å². The summed E-state index contributed by atoms with van der Waals surface area (Å²) in [5.74, 6) is 0. The summed E-state index contributed by atoms with van der Waals surface area (Å²) in [5.41, 5.74) is 1.85. The maximum Gasteiger partial charge on any atom is 0.0702 e. The number of benzene rings is 1. The van der Waals surface area contributed by atoms with Gasteiger partial charge in [-0.15, -0.1) is 0 Å². The van der Waals surface area contributed by atoms with Gasteiger partial charge in [0.1, 0.15) is 0 Å². The van der Waals surface area contributed by atoms with Crippen LogP contribution in [0.25, 0.3) is 0 Å². The van der Waals surface area contributed by atoms with Crippen LogP contribution in [0.4, 0.5) is 5.69 Å². The van der Waals surface area contributed by atoms with E-state index < -0.39 is 0 Å². The van der Waals surface area contributed by atoms with Crippen LogP contribution in [-0.4, -0.2) is 43.2 Å². The van der Waals surface area contributed by atoms with Gasteiger partial charge in [0.15, 0.2) is 0 Å². The second-order valence-electron chi connectivity index (χ2n) is 5.06. The van der Waals surface area contributed by atoms with Gasteiger partial charge in [0.2, 0.25) is 0 Å². The van der Waals surface area contributed by atoms with Crippen molar-refractivity contribution in [2.75, 3.05) is 32.1 Å². The molecule has 0 radical (unpaired) electrons. The van der Waals surface area contributed by atoms with Crippen LogP contribution in [0.15, 0.2) is 18.2 Å². The van der Waals surface area contributed by atoms with Gasteiger partial charge in [-0.2, -0.15) is 0 Å². The number of likely N-dealkylation sites (tertiary alicyclic amines) is 1. The van der Waals surface area contributed by atoms with Crippen molar-refractivity contribution in [2.24, 2.45) is 0 Å². The van der Waals surface area contributed by atoms with Crippen LogP contribution in [0.1, 0.15) is 18.4 Å². The first-order valence-electron chi connectivity index (χ1n) is 6.43. The molecule has 1 aromatic carbocycles. The minimum atomic E-state index is 0.0285. The molecule has 4 heteroatoms. The summed E-state index contributed by atoms with van der Waals surface area (Å²) in [6.07, 6.45) is 2.50. The molecule has 1 aliphatic rings. The second kappa shape index (κ2) is 5.91. The minimum Gasteiger partial charge on any atom is -0.392 e. The quantitative estimate of drug-likeness (QED) is 0.908. The van der Waals surface area contributed by atoms with E-state index in [4.69, 9.17) is 11.6 Å². The molecule has 3 nitrogen and oxygen atoms in total. The van der Waals surface area contributed by atoms with Crippen LogP contribution in [0.2, 0.25) is 5.02 Å². The Morgan fingerprint density at radius 2 is 2.28 bits per heavy atom. The summed E-state index contributed by atoms with van der Waals surface area (Å²) in [5, 5.41) is 10.1. The Morgan fingerprint density at radius 1 is 1.50 bits per heavy atom. The van der Waals surface area contributed by atoms with Crippen molar-refractivity contribution >= 4 is 17.3 Å². The summed E-state index contributed by atoms with van der Waals surface area (Å²) < 4.78 is 0. The Bertz CT molecular complexity index is 411. The number of para-hydroxylation sites is 1. The van der Waals surface area contributed by atoms with Crippen molar-refractivity contribution in [3.63, 3.8) is 0 Å². The number of nitrogens with zero attached hydrogens (tertiary/aromatic N) is 2. The molecule has 1 atom stereocenters. The van der Waals surface area contributed by atoms with Crippen molar-refractivity contribution in [1.29, 1.82) is 0 Å². The van der Waals surface area contributed by atoms with Crippen LogP contribution < -0.4 is 4.90 Å². The highest BCUT2D eigenvalue weighted by molar-refractivity contribution is 6.33. The summed E-state index contributed by atoms with van der Waals surface area (Å²) in [6.45, 7) is 2.15. The molecule has 0 spiro atoms. The molecule has 1 fully saturated rings. The Labute approximate surface area is 114 Å². The van der Waals surface area contributed by atoms with Crippen molar-refractivity contribution in [2.45, 2.75) is 25.5 Å². The lowest BCUT2D eigenvalue weighted by molar-refractivity contribution is 0.281. The number of rotatable bonds is 4. The first kappa shape index (κ1) is 13.7. The third-order valence-electron chi connectivity index (χ3n) is 3.78. The summed E-state index contributed by atoms with van der Waals surface area (Å²) in [7, 11) is 4.22. The van der Waals surface area contributed by atoms with E-state index in [2.05, 4.69) is 16.8 Å². The fourth-order valence-electron chi connectivity index (χ4n) is 2.73. The number of likely N-dealkylation sites (N-methyl/N-ethyl adjacent to an activating group) is 2. The smallest absolute Gasteiger partial charge is 0.0702 e. The highest BCUT2D eigenvalue weighted by atomic mass is 35.5. The molecule has 1 saturated heterocycles. The third kappa shape index (κ3) is 2.79. The van der Waals surface area contributed by atoms with Gasteiger partial charge in [-0.1, -0.05) is 23.7 Å². The number of halogens is 1. The van der Waals surface area contributed by atoms with Crippen molar-refractivity contribution in [3.05, 3.63) is 28.8 Å². The first-order valence-corrected chi connectivity index (χ1v) is 6.81. The van der Waals surface area contributed by atoms with E-state index in [1.54, 1.807) is 0 Å². The zero-order chi connectivity index (χ0) is 13.1. The molecule has 2 rings (SSSR count). The molecule has 0 amide bonds. The Hall–Kier alpha value is -0.770. The van der Waals surface area contributed by atoms with Gasteiger partial charge in [-0.05, 0) is 32.5 Å². The van der Waals surface area contributed by atoms with Crippen LogP contribution in [0, 0.1) is 0 Å². The van der Waals surface area contributed by atoms with Crippen LogP contribution in [-0.2, 0) is 6.61 Å². The number of aliphatic hydroxyl groups is 1. The van der Waals surface area contributed by atoms with E-state index in [-0.39, 0.29) is 6.61 Å². The van der Waals surface area contributed by atoms with E-state index in [0.29, 0.717) is 11.1 Å². The molecule has 18 heavy (non-hydrogen) atoms. The average Bonchev–Trinajstić information content (AvgIpc) is 2.74. The second-order valence-corrected chi connectivity index (χ2v) is 5.47. The number of hydrogen-bond donors (Lipinski definition) is 1. The monoisotopic (exact) mass is 268 g/mol. The SMILES string of the molecule is CN(CC1CCCN1C)c1c(Cl)cccc1CO. The van der Waals surface area contributed by atoms with Gasteiger partial charge in [0.25, 0.3) is 0 Å². The van der Waals surface area contributed by atoms with Crippen molar-refractivity contribution < 1.29 is 5.11 Å². The van der Waals surface area contributed by atoms with E-state index in [0.717, 1.165) is 17.8 Å². The normalized spacial score (nSPS) is 20.3. The molecule has 1 unspecified atom stereocenters. The Kier molecular flexibility index (Phi) is 4.49. The molecule has 1 aliphatic heterocycles. The summed E-state index contributed by atoms with van der Waals surface area (Å²) in [4.78, 5) is 4.56. The molecular weight excluding hydrogens is 248 g/mol. The van der Waals surface area contributed by atoms with Crippen LogP contribution in [0.3, 0.4) is 0 Å².